The van der Waals surface area contributed by atoms with Crippen LogP contribution in [0.5, 0.6) is 11.5 Å². The molecule has 0 bridgehead atoms. The van der Waals surface area contributed by atoms with Crippen molar-refractivity contribution in [2.75, 3.05) is 19.7 Å². The number of hydrogen-bond donors (Lipinski definition) is 1. The first kappa shape index (κ1) is 19.7. The number of rotatable bonds is 6. The number of benzene rings is 1. The van der Waals surface area contributed by atoms with Gasteiger partial charge >= 0.3 is 0 Å². The van der Waals surface area contributed by atoms with Gasteiger partial charge in [-0.1, -0.05) is 26.0 Å². The van der Waals surface area contributed by atoms with E-state index in [0.29, 0.717) is 25.4 Å². The average molecular weight is 436 g/mol. The topological polar surface area (TPSA) is 67.5 Å². The summed E-state index contributed by atoms with van der Waals surface area (Å²) in [5.41, 5.74) is 1.41. The lowest BCUT2D eigenvalue weighted by Gasteiger charge is -2.32. The molecule has 1 aromatic carbocycles. The van der Waals surface area contributed by atoms with Gasteiger partial charge < -0.3 is 14.4 Å². The zero-order valence-corrected chi connectivity index (χ0v) is 17.6. The number of likely N-dealkylation sites (tertiary alicyclic amines) is 1. The fourth-order valence-electron chi connectivity index (χ4n) is 3.19. The van der Waals surface area contributed by atoms with Crippen LogP contribution in [0.3, 0.4) is 0 Å². The van der Waals surface area contributed by atoms with Crippen molar-refractivity contribution in [1.29, 1.82) is 0 Å². The molecule has 0 atom stereocenters. The van der Waals surface area contributed by atoms with Crippen molar-refractivity contribution in [3.05, 3.63) is 40.1 Å². The van der Waals surface area contributed by atoms with Gasteiger partial charge in [0.05, 0.1) is 16.8 Å². The van der Waals surface area contributed by atoms with Crippen molar-refractivity contribution in [2.24, 2.45) is 0 Å². The number of piperidine rings is 1. The van der Waals surface area contributed by atoms with Crippen molar-refractivity contribution in [3.63, 3.8) is 0 Å². The van der Waals surface area contributed by atoms with Crippen LogP contribution in [0.2, 0.25) is 0 Å². The maximum atomic E-state index is 12.8. The molecular formula is C20H26BrN3O3. The number of halogens is 1. The number of carbonyl (C=O) groups is 1. The van der Waals surface area contributed by atoms with Crippen LogP contribution in [0.4, 0.5) is 0 Å². The minimum absolute atomic E-state index is 0.0433. The zero-order chi connectivity index (χ0) is 19.4. The van der Waals surface area contributed by atoms with Crippen LogP contribution in [0, 0.1) is 0 Å². The molecule has 7 heteroatoms. The Morgan fingerprint density at radius 2 is 1.96 bits per heavy atom. The molecule has 1 aromatic heterocycles. The van der Waals surface area contributed by atoms with E-state index < -0.39 is 0 Å². The number of nitrogens with one attached hydrogen (secondary N) is 1. The van der Waals surface area contributed by atoms with E-state index in [1.54, 1.807) is 0 Å². The highest BCUT2D eigenvalue weighted by molar-refractivity contribution is 9.10. The summed E-state index contributed by atoms with van der Waals surface area (Å²) in [5, 5.41) is 7.19. The Kier molecular flexibility index (Phi) is 6.42. The second-order valence-corrected chi connectivity index (χ2v) is 7.74. The van der Waals surface area contributed by atoms with Gasteiger partial charge in [-0.2, -0.15) is 5.10 Å². The number of H-pyrrole nitrogens is 1. The van der Waals surface area contributed by atoms with Crippen LogP contribution in [0.25, 0.3) is 0 Å². The van der Waals surface area contributed by atoms with Crippen LogP contribution >= 0.6 is 15.9 Å². The number of hydrogen-bond acceptors (Lipinski definition) is 4. The second-order valence-electron chi connectivity index (χ2n) is 6.94. The lowest BCUT2D eigenvalue weighted by Crippen LogP contribution is -2.42. The largest absolute Gasteiger partial charge is 0.490 e. The summed E-state index contributed by atoms with van der Waals surface area (Å²) in [4.78, 5) is 14.7. The third-order valence-corrected chi connectivity index (χ3v) is 5.49. The Balaban J connectivity index is 1.60. The minimum atomic E-state index is -0.0433. The van der Waals surface area contributed by atoms with Gasteiger partial charge in [0.15, 0.2) is 17.2 Å². The molecule has 27 heavy (non-hydrogen) atoms. The summed E-state index contributed by atoms with van der Waals surface area (Å²) in [7, 11) is 0. The summed E-state index contributed by atoms with van der Waals surface area (Å²) in [6, 6.07) is 7.72. The highest BCUT2D eigenvalue weighted by Crippen LogP contribution is 2.30. The van der Waals surface area contributed by atoms with Gasteiger partial charge in [0.2, 0.25) is 0 Å². The first-order valence-electron chi connectivity index (χ1n) is 9.42. The molecule has 1 N–H and O–H groups in total. The third kappa shape index (κ3) is 4.46. The molecule has 1 aliphatic heterocycles. The number of amides is 1. The fraction of sp³-hybridized carbons (Fsp3) is 0.500. The maximum absolute atomic E-state index is 12.8. The van der Waals surface area contributed by atoms with E-state index in [-0.39, 0.29) is 17.9 Å². The molecule has 0 radical (unpaired) electrons. The van der Waals surface area contributed by atoms with E-state index in [4.69, 9.17) is 9.47 Å². The molecule has 1 aliphatic rings. The van der Waals surface area contributed by atoms with Crippen LogP contribution in [0.1, 0.15) is 55.7 Å². The van der Waals surface area contributed by atoms with Crippen molar-refractivity contribution in [2.45, 2.75) is 45.6 Å². The molecule has 146 valence electrons. The van der Waals surface area contributed by atoms with Crippen LogP contribution in [-0.4, -0.2) is 46.8 Å². The third-order valence-electron chi connectivity index (χ3n) is 4.68. The minimum Gasteiger partial charge on any atom is -0.490 e. The molecule has 0 spiro atoms. The summed E-state index contributed by atoms with van der Waals surface area (Å²) >= 11 is 3.52. The van der Waals surface area contributed by atoms with E-state index in [0.717, 1.165) is 34.5 Å². The summed E-state index contributed by atoms with van der Waals surface area (Å²) in [6.07, 6.45) is 1.64. The Morgan fingerprint density at radius 3 is 2.56 bits per heavy atom. The Bertz CT molecular complexity index is 783. The molecule has 0 saturated carbocycles. The smallest absolute Gasteiger partial charge is 0.275 e. The highest BCUT2D eigenvalue weighted by atomic mass is 79.9. The molecular weight excluding hydrogens is 410 g/mol. The van der Waals surface area contributed by atoms with Gasteiger partial charge in [-0.05, 0) is 40.9 Å². The van der Waals surface area contributed by atoms with E-state index in [1.165, 1.54) is 0 Å². The van der Waals surface area contributed by atoms with Crippen molar-refractivity contribution in [1.82, 2.24) is 15.1 Å². The number of ether oxygens (including phenoxy) is 2. The average Bonchev–Trinajstić information content (AvgIpc) is 3.05. The van der Waals surface area contributed by atoms with Gasteiger partial charge in [-0.25, -0.2) is 0 Å². The van der Waals surface area contributed by atoms with Crippen LogP contribution in [0.15, 0.2) is 28.7 Å². The summed E-state index contributed by atoms with van der Waals surface area (Å²) in [5.74, 6) is 1.76. The van der Waals surface area contributed by atoms with Gasteiger partial charge in [0, 0.05) is 25.9 Å². The quantitative estimate of drug-likeness (QED) is 0.730. The predicted molar refractivity (Wildman–Crippen MR) is 108 cm³/mol. The molecule has 1 amide bonds. The van der Waals surface area contributed by atoms with Gasteiger partial charge in [-0.3, -0.25) is 9.89 Å². The standard InChI is InChI=1S/C20H26BrN3O3/c1-4-26-15-7-5-6-8-16(15)27-14-9-11-24(12-10-14)20(25)19-17(21)18(13(2)3)22-23-19/h5-8,13-14H,4,9-12H2,1-3H3,(H,22,23). The lowest BCUT2D eigenvalue weighted by molar-refractivity contribution is 0.0583. The SMILES string of the molecule is CCOc1ccccc1OC1CCN(C(=O)c2n[nH]c(C(C)C)c2Br)CC1. The first-order chi connectivity index (χ1) is 13.0. The van der Waals surface area contributed by atoms with Crippen molar-refractivity contribution in [3.8, 4) is 11.5 Å². The number of para-hydroxylation sites is 2. The van der Waals surface area contributed by atoms with E-state index >= 15 is 0 Å². The van der Waals surface area contributed by atoms with Crippen LogP contribution in [-0.2, 0) is 0 Å². The van der Waals surface area contributed by atoms with E-state index in [2.05, 4.69) is 40.0 Å². The zero-order valence-electron chi connectivity index (χ0n) is 16.0. The summed E-state index contributed by atoms with van der Waals surface area (Å²) < 4.78 is 12.5. The highest BCUT2D eigenvalue weighted by Gasteiger charge is 2.29. The van der Waals surface area contributed by atoms with E-state index in [9.17, 15) is 4.79 Å². The van der Waals surface area contributed by atoms with Gasteiger partial charge in [0.1, 0.15) is 6.10 Å². The first-order valence-corrected chi connectivity index (χ1v) is 10.2. The van der Waals surface area contributed by atoms with Crippen molar-refractivity contribution >= 4 is 21.8 Å². The van der Waals surface area contributed by atoms with Crippen molar-refractivity contribution < 1.29 is 14.3 Å². The molecule has 2 aromatic rings. The number of aromatic amines is 1. The maximum Gasteiger partial charge on any atom is 0.275 e. The Labute approximate surface area is 168 Å². The molecule has 1 fully saturated rings. The Morgan fingerprint density at radius 1 is 1.30 bits per heavy atom. The molecule has 3 rings (SSSR count). The number of carbonyl (C=O) groups excluding carboxylic acids is 1. The van der Waals surface area contributed by atoms with Crippen LogP contribution < -0.4 is 9.47 Å². The van der Waals surface area contributed by atoms with Gasteiger partial charge in [-0.15, -0.1) is 0 Å². The number of aromatic nitrogens is 2. The lowest BCUT2D eigenvalue weighted by atomic mass is 10.1. The molecule has 0 aliphatic carbocycles. The van der Waals surface area contributed by atoms with E-state index in [1.807, 2.05) is 36.1 Å². The van der Waals surface area contributed by atoms with Gasteiger partial charge in [0.25, 0.3) is 5.91 Å². The monoisotopic (exact) mass is 435 g/mol. The predicted octanol–water partition coefficient (Wildman–Crippen LogP) is 4.38. The second kappa shape index (κ2) is 8.78. The normalized spacial score (nSPS) is 15.2. The Hall–Kier alpha value is -2.02. The summed E-state index contributed by atoms with van der Waals surface area (Å²) in [6.45, 7) is 7.99. The molecule has 0 unspecified atom stereocenters. The molecule has 1 saturated heterocycles. The molecule has 2 heterocycles. The molecule has 6 nitrogen and oxygen atoms in total. The number of nitrogens with zero attached hydrogens (tertiary/aromatic N) is 2. The fourth-order valence-corrected chi connectivity index (χ4v) is 4.00.